The van der Waals surface area contributed by atoms with Gasteiger partial charge in [0.1, 0.15) is 5.58 Å². The van der Waals surface area contributed by atoms with Gasteiger partial charge in [-0.25, -0.2) is 4.79 Å². The number of azide groups is 1. The summed E-state index contributed by atoms with van der Waals surface area (Å²) in [5.74, 6) is -0.00361. The smallest absolute Gasteiger partial charge is 0.336 e. The molecule has 1 aromatic carbocycles. The van der Waals surface area contributed by atoms with Crippen LogP contribution in [0.5, 0.6) is 0 Å². The fraction of sp³-hybridized carbons (Fsp3) is 0.333. The minimum Gasteiger partial charge on any atom is -0.423 e. The Kier molecular flexibility index (Phi) is 3.56. The standard InChI is InChI=1S/C15H14N4O3/c1-9-4-15(21)22-13-6-11(2-3-12(9)13)19-8-10(5-14(19)20)7-17-18-16/h2-4,6,10H,5,7-8H2,1H3. The molecule has 0 saturated carbocycles. The summed E-state index contributed by atoms with van der Waals surface area (Å²) in [5, 5.41) is 4.38. The van der Waals surface area contributed by atoms with Crippen molar-refractivity contribution in [2.24, 2.45) is 11.0 Å². The van der Waals surface area contributed by atoms with Gasteiger partial charge in [-0.3, -0.25) is 4.79 Å². The highest BCUT2D eigenvalue weighted by Crippen LogP contribution is 2.28. The highest BCUT2D eigenvalue weighted by Gasteiger charge is 2.30. The lowest BCUT2D eigenvalue weighted by Gasteiger charge is -2.17. The second-order valence-electron chi connectivity index (χ2n) is 5.42. The van der Waals surface area contributed by atoms with Gasteiger partial charge in [-0.1, -0.05) is 5.11 Å². The fourth-order valence-corrected chi connectivity index (χ4v) is 2.79. The monoisotopic (exact) mass is 298 g/mol. The molecule has 7 heteroatoms. The number of fused-ring (bicyclic) bond motifs is 1. The van der Waals surface area contributed by atoms with E-state index in [1.54, 1.807) is 11.0 Å². The zero-order valence-corrected chi connectivity index (χ0v) is 12.0. The first-order valence-corrected chi connectivity index (χ1v) is 6.94. The molecule has 1 aliphatic heterocycles. The number of anilines is 1. The minimum atomic E-state index is -0.406. The van der Waals surface area contributed by atoms with Crippen LogP contribution in [0.3, 0.4) is 0 Å². The number of amides is 1. The zero-order chi connectivity index (χ0) is 15.7. The molecule has 1 atom stereocenters. The zero-order valence-electron chi connectivity index (χ0n) is 12.0. The largest absolute Gasteiger partial charge is 0.423 e. The normalized spacial score (nSPS) is 17.8. The Morgan fingerprint density at radius 2 is 2.23 bits per heavy atom. The van der Waals surface area contributed by atoms with Crippen LogP contribution < -0.4 is 10.5 Å². The summed E-state index contributed by atoms with van der Waals surface area (Å²) < 4.78 is 5.21. The molecular formula is C15H14N4O3. The maximum Gasteiger partial charge on any atom is 0.336 e. The van der Waals surface area contributed by atoms with Gasteiger partial charge in [0.05, 0.1) is 0 Å². The molecule has 1 aromatic heterocycles. The molecule has 3 rings (SSSR count). The number of carbonyl (C=O) groups is 1. The third kappa shape index (κ3) is 2.54. The first-order valence-electron chi connectivity index (χ1n) is 6.94. The fourth-order valence-electron chi connectivity index (χ4n) is 2.79. The summed E-state index contributed by atoms with van der Waals surface area (Å²) in [6, 6.07) is 6.83. The molecule has 1 unspecified atom stereocenters. The highest BCUT2D eigenvalue weighted by atomic mass is 16.4. The molecule has 1 aliphatic rings. The number of hydrogen-bond donors (Lipinski definition) is 0. The van der Waals surface area contributed by atoms with E-state index in [0.717, 1.165) is 10.9 Å². The van der Waals surface area contributed by atoms with Crippen molar-refractivity contribution in [3.63, 3.8) is 0 Å². The molecule has 7 nitrogen and oxygen atoms in total. The quantitative estimate of drug-likeness (QED) is 0.377. The van der Waals surface area contributed by atoms with Crippen molar-refractivity contribution in [2.45, 2.75) is 13.3 Å². The topological polar surface area (TPSA) is 99.3 Å². The van der Waals surface area contributed by atoms with Gasteiger partial charge in [-0.2, -0.15) is 0 Å². The van der Waals surface area contributed by atoms with Crippen LogP contribution >= 0.6 is 0 Å². The Morgan fingerprint density at radius 3 is 3.00 bits per heavy atom. The molecule has 112 valence electrons. The Balaban J connectivity index is 1.95. The summed E-state index contributed by atoms with van der Waals surface area (Å²) in [4.78, 5) is 28.0. The van der Waals surface area contributed by atoms with Crippen molar-refractivity contribution < 1.29 is 9.21 Å². The number of nitrogens with zero attached hydrogens (tertiary/aromatic N) is 4. The van der Waals surface area contributed by atoms with Gasteiger partial charge in [-0.15, -0.1) is 0 Å². The molecule has 0 aliphatic carbocycles. The van der Waals surface area contributed by atoms with Crippen molar-refractivity contribution in [3.8, 4) is 0 Å². The summed E-state index contributed by atoms with van der Waals surface area (Å²) in [5.41, 5.74) is 9.95. The third-order valence-electron chi connectivity index (χ3n) is 3.85. The van der Waals surface area contributed by atoms with Crippen molar-refractivity contribution >= 4 is 22.6 Å². The maximum absolute atomic E-state index is 12.1. The summed E-state index contributed by atoms with van der Waals surface area (Å²) in [7, 11) is 0. The predicted octanol–water partition coefficient (Wildman–Crippen LogP) is 2.76. The Labute approximate surface area is 125 Å². The second-order valence-corrected chi connectivity index (χ2v) is 5.42. The first kappa shape index (κ1) is 14.2. The van der Waals surface area contributed by atoms with Crippen molar-refractivity contribution in [3.05, 3.63) is 50.7 Å². The molecule has 0 spiro atoms. The molecule has 22 heavy (non-hydrogen) atoms. The maximum atomic E-state index is 12.1. The van der Waals surface area contributed by atoms with E-state index in [-0.39, 0.29) is 11.8 Å². The van der Waals surface area contributed by atoms with Gasteiger partial charge in [-0.05, 0) is 36.1 Å². The van der Waals surface area contributed by atoms with Crippen LogP contribution in [0.4, 0.5) is 5.69 Å². The van der Waals surface area contributed by atoms with Crippen LogP contribution in [0, 0.1) is 12.8 Å². The molecule has 0 N–H and O–H groups in total. The molecule has 0 bridgehead atoms. The van der Waals surface area contributed by atoms with Crippen LogP contribution in [0.2, 0.25) is 0 Å². The average molecular weight is 298 g/mol. The lowest BCUT2D eigenvalue weighted by Crippen LogP contribution is -2.24. The van der Waals surface area contributed by atoms with Gasteiger partial charge in [0.15, 0.2) is 0 Å². The van der Waals surface area contributed by atoms with E-state index in [4.69, 9.17) is 9.95 Å². The van der Waals surface area contributed by atoms with E-state index >= 15 is 0 Å². The highest BCUT2D eigenvalue weighted by molar-refractivity contribution is 5.97. The van der Waals surface area contributed by atoms with E-state index in [2.05, 4.69) is 10.0 Å². The van der Waals surface area contributed by atoms with Gasteiger partial charge >= 0.3 is 5.63 Å². The van der Waals surface area contributed by atoms with Crippen molar-refractivity contribution in [1.82, 2.24) is 0 Å². The first-order chi connectivity index (χ1) is 10.6. The molecule has 2 aromatic rings. The van der Waals surface area contributed by atoms with Gasteiger partial charge < -0.3 is 9.32 Å². The number of carbonyl (C=O) groups excluding carboxylic acids is 1. The van der Waals surface area contributed by atoms with Gasteiger partial charge in [0, 0.05) is 47.6 Å². The number of aryl methyl sites for hydroxylation is 1. The van der Waals surface area contributed by atoms with Crippen LogP contribution in [0.15, 0.2) is 38.6 Å². The van der Waals surface area contributed by atoms with E-state index in [1.807, 2.05) is 19.1 Å². The van der Waals surface area contributed by atoms with E-state index in [0.29, 0.717) is 30.8 Å². The number of rotatable bonds is 3. The number of hydrogen-bond acceptors (Lipinski definition) is 4. The molecule has 0 radical (unpaired) electrons. The SMILES string of the molecule is Cc1cc(=O)oc2cc(N3CC(CN=[N+]=[N-])CC3=O)ccc12. The minimum absolute atomic E-state index is 0.0172. The van der Waals surface area contributed by atoms with Gasteiger partial charge in [0.2, 0.25) is 5.91 Å². The molecule has 1 saturated heterocycles. The Hall–Kier alpha value is -2.79. The van der Waals surface area contributed by atoms with Crippen molar-refractivity contribution in [2.75, 3.05) is 18.0 Å². The average Bonchev–Trinajstić information content (AvgIpc) is 2.85. The lowest BCUT2D eigenvalue weighted by atomic mass is 10.1. The van der Waals surface area contributed by atoms with Crippen LogP contribution in [-0.2, 0) is 4.79 Å². The lowest BCUT2D eigenvalue weighted by molar-refractivity contribution is -0.117. The van der Waals surface area contributed by atoms with Gasteiger partial charge in [0.25, 0.3) is 0 Å². The van der Waals surface area contributed by atoms with Crippen LogP contribution in [-0.4, -0.2) is 19.0 Å². The van der Waals surface area contributed by atoms with Crippen LogP contribution in [0.25, 0.3) is 21.4 Å². The summed E-state index contributed by atoms with van der Waals surface area (Å²) >= 11 is 0. The van der Waals surface area contributed by atoms with E-state index < -0.39 is 5.63 Å². The molecule has 1 amide bonds. The molecule has 2 heterocycles. The Bertz CT molecular complexity index is 851. The second kappa shape index (κ2) is 5.54. The third-order valence-corrected chi connectivity index (χ3v) is 3.85. The predicted molar refractivity (Wildman–Crippen MR) is 81.7 cm³/mol. The number of benzene rings is 1. The molecule has 1 fully saturated rings. The Morgan fingerprint density at radius 1 is 1.41 bits per heavy atom. The van der Waals surface area contributed by atoms with E-state index in [1.165, 1.54) is 6.07 Å². The van der Waals surface area contributed by atoms with Crippen molar-refractivity contribution in [1.29, 1.82) is 0 Å². The summed E-state index contributed by atoms with van der Waals surface area (Å²) in [6.07, 6.45) is 0.356. The van der Waals surface area contributed by atoms with Crippen LogP contribution in [0.1, 0.15) is 12.0 Å². The van der Waals surface area contributed by atoms with E-state index in [9.17, 15) is 9.59 Å². The molecular weight excluding hydrogens is 284 g/mol. The summed E-state index contributed by atoms with van der Waals surface area (Å²) in [6.45, 7) is 2.65.